The van der Waals surface area contributed by atoms with E-state index in [9.17, 15) is 4.79 Å². The summed E-state index contributed by atoms with van der Waals surface area (Å²) in [4.78, 5) is 12.1. The van der Waals surface area contributed by atoms with Crippen LogP contribution in [0, 0.1) is 0 Å². The van der Waals surface area contributed by atoms with Gasteiger partial charge in [0.1, 0.15) is 0 Å². The van der Waals surface area contributed by atoms with E-state index in [1.807, 2.05) is 23.8 Å². The van der Waals surface area contributed by atoms with Crippen molar-refractivity contribution in [3.8, 4) is 0 Å². The molecule has 3 nitrogen and oxygen atoms in total. The molecule has 0 aliphatic heterocycles. The van der Waals surface area contributed by atoms with E-state index in [0.29, 0.717) is 16.3 Å². The van der Waals surface area contributed by atoms with Crippen molar-refractivity contribution in [2.24, 2.45) is 0 Å². The van der Waals surface area contributed by atoms with E-state index in [-0.39, 0.29) is 11.9 Å². The Bertz CT molecular complexity index is 554. The smallest absolute Gasteiger partial charge is 0.253 e. The maximum atomic E-state index is 12.1. The third kappa shape index (κ3) is 2.66. The van der Waals surface area contributed by atoms with Gasteiger partial charge in [-0.3, -0.25) is 4.79 Å². The van der Waals surface area contributed by atoms with Gasteiger partial charge >= 0.3 is 0 Å². The number of rotatable bonds is 3. The summed E-state index contributed by atoms with van der Waals surface area (Å²) in [6.45, 7) is 1.93. The first-order valence-corrected chi connectivity index (χ1v) is 6.78. The molecule has 2 rings (SSSR count). The van der Waals surface area contributed by atoms with Crippen molar-refractivity contribution < 1.29 is 4.79 Å². The molecule has 1 aromatic heterocycles. The van der Waals surface area contributed by atoms with Gasteiger partial charge in [-0.1, -0.05) is 17.7 Å². The second-order valence-corrected chi connectivity index (χ2v) is 5.12. The van der Waals surface area contributed by atoms with E-state index >= 15 is 0 Å². The molecule has 3 N–H and O–H groups in total. The van der Waals surface area contributed by atoms with Gasteiger partial charge in [0.05, 0.1) is 22.3 Å². The number of hydrogen-bond acceptors (Lipinski definition) is 3. The normalized spacial score (nSPS) is 12.1. The first kappa shape index (κ1) is 12.9. The van der Waals surface area contributed by atoms with Crippen LogP contribution in [-0.2, 0) is 0 Å². The Hall–Kier alpha value is -1.52. The summed E-state index contributed by atoms with van der Waals surface area (Å²) < 4.78 is 0. The summed E-state index contributed by atoms with van der Waals surface area (Å²) in [5.74, 6) is -0.217. The molecule has 0 bridgehead atoms. The van der Waals surface area contributed by atoms with E-state index in [0.717, 1.165) is 5.56 Å². The molecule has 0 aliphatic carbocycles. The van der Waals surface area contributed by atoms with Crippen LogP contribution in [0.4, 0.5) is 5.69 Å². The quantitative estimate of drug-likeness (QED) is 0.846. The van der Waals surface area contributed by atoms with E-state index in [4.69, 9.17) is 17.3 Å². The maximum Gasteiger partial charge on any atom is 0.253 e. The highest BCUT2D eigenvalue weighted by Gasteiger charge is 2.15. The molecule has 94 valence electrons. The summed E-state index contributed by atoms with van der Waals surface area (Å²) in [5, 5.41) is 7.18. The lowest BCUT2D eigenvalue weighted by Crippen LogP contribution is -2.26. The predicted molar refractivity (Wildman–Crippen MR) is 76.1 cm³/mol. The minimum Gasteiger partial charge on any atom is -0.398 e. The number of anilines is 1. The van der Waals surface area contributed by atoms with E-state index < -0.39 is 0 Å². The van der Waals surface area contributed by atoms with Crippen molar-refractivity contribution in [1.29, 1.82) is 0 Å². The SMILES string of the molecule is CC(NC(=O)c1cccc(N)c1Cl)c1ccsc1. The Balaban J connectivity index is 2.15. The van der Waals surface area contributed by atoms with Crippen molar-refractivity contribution in [2.45, 2.75) is 13.0 Å². The molecule has 1 amide bonds. The largest absolute Gasteiger partial charge is 0.398 e. The fraction of sp³-hybridized carbons (Fsp3) is 0.154. The highest BCUT2D eigenvalue weighted by molar-refractivity contribution is 7.07. The van der Waals surface area contributed by atoms with Crippen molar-refractivity contribution in [1.82, 2.24) is 5.32 Å². The number of benzene rings is 1. The highest BCUT2D eigenvalue weighted by Crippen LogP contribution is 2.24. The fourth-order valence-electron chi connectivity index (χ4n) is 1.60. The molecule has 2 aromatic rings. The second kappa shape index (κ2) is 5.42. The molecule has 0 spiro atoms. The van der Waals surface area contributed by atoms with Gasteiger partial charge in [0.25, 0.3) is 5.91 Å². The lowest BCUT2D eigenvalue weighted by Gasteiger charge is -2.13. The zero-order chi connectivity index (χ0) is 13.1. The molecule has 1 unspecified atom stereocenters. The molecule has 0 saturated heterocycles. The van der Waals surface area contributed by atoms with Crippen LogP contribution in [0.1, 0.15) is 28.9 Å². The van der Waals surface area contributed by atoms with Crippen LogP contribution in [0.5, 0.6) is 0 Å². The van der Waals surface area contributed by atoms with Crippen LogP contribution < -0.4 is 11.1 Å². The first-order chi connectivity index (χ1) is 8.59. The van der Waals surface area contributed by atoms with Gasteiger partial charge in [-0.25, -0.2) is 0 Å². The Labute approximate surface area is 115 Å². The average molecular weight is 281 g/mol. The molecule has 1 atom stereocenters. The molecule has 1 heterocycles. The minimum atomic E-state index is -0.217. The lowest BCUT2D eigenvalue weighted by molar-refractivity contribution is 0.0940. The number of halogens is 1. The summed E-state index contributed by atoms with van der Waals surface area (Å²) in [7, 11) is 0. The van der Waals surface area contributed by atoms with Crippen LogP contribution in [0.15, 0.2) is 35.0 Å². The summed E-state index contributed by atoms with van der Waals surface area (Å²) >= 11 is 7.61. The molecular weight excluding hydrogens is 268 g/mol. The standard InChI is InChI=1S/C13H13ClN2OS/c1-8(9-5-6-18-7-9)16-13(17)10-3-2-4-11(15)12(10)14/h2-8H,15H2,1H3,(H,16,17). The number of nitrogen functional groups attached to an aromatic ring is 1. The number of thiophene rings is 1. The maximum absolute atomic E-state index is 12.1. The van der Waals surface area contributed by atoms with Crippen molar-refractivity contribution in [2.75, 3.05) is 5.73 Å². The van der Waals surface area contributed by atoms with Crippen LogP contribution in [-0.4, -0.2) is 5.91 Å². The highest BCUT2D eigenvalue weighted by atomic mass is 35.5. The molecule has 5 heteroatoms. The number of nitrogens with two attached hydrogens (primary N) is 1. The number of hydrogen-bond donors (Lipinski definition) is 2. The minimum absolute atomic E-state index is 0.0544. The van der Waals surface area contributed by atoms with Gasteiger partial charge in [0.15, 0.2) is 0 Å². The zero-order valence-corrected chi connectivity index (χ0v) is 11.4. The van der Waals surface area contributed by atoms with E-state index in [1.165, 1.54) is 0 Å². The summed E-state index contributed by atoms with van der Waals surface area (Å²) in [5.41, 5.74) is 7.56. The molecule has 0 radical (unpaired) electrons. The Morgan fingerprint density at radius 1 is 1.44 bits per heavy atom. The van der Waals surface area contributed by atoms with Crippen molar-refractivity contribution >= 4 is 34.5 Å². The summed E-state index contributed by atoms with van der Waals surface area (Å²) in [6.07, 6.45) is 0. The second-order valence-electron chi connectivity index (χ2n) is 3.96. The number of carbonyl (C=O) groups is 1. The van der Waals surface area contributed by atoms with Gasteiger partial charge in [-0.15, -0.1) is 0 Å². The van der Waals surface area contributed by atoms with Crippen LogP contribution >= 0.6 is 22.9 Å². The Morgan fingerprint density at radius 2 is 2.22 bits per heavy atom. The van der Waals surface area contributed by atoms with Crippen LogP contribution in [0.25, 0.3) is 0 Å². The van der Waals surface area contributed by atoms with Gasteiger partial charge in [-0.2, -0.15) is 11.3 Å². The van der Waals surface area contributed by atoms with Crippen molar-refractivity contribution in [3.63, 3.8) is 0 Å². The van der Waals surface area contributed by atoms with Gasteiger partial charge in [0, 0.05) is 0 Å². The van der Waals surface area contributed by atoms with Gasteiger partial charge < -0.3 is 11.1 Å². The first-order valence-electron chi connectivity index (χ1n) is 5.46. The molecule has 0 aliphatic rings. The van der Waals surface area contributed by atoms with E-state index in [1.54, 1.807) is 29.5 Å². The molecule has 18 heavy (non-hydrogen) atoms. The molecule has 0 fully saturated rings. The Kier molecular flexibility index (Phi) is 3.89. The molecule has 0 saturated carbocycles. The van der Waals surface area contributed by atoms with Gasteiger partial charge in [0.2, 0.25) is 0 Å². The molecule has 1 aromatic carbocycles. The fourth-order valence-corrected chi connectivity index (χ4v) is 2.57. The van der Waals surface area contributed by atoms with Crippen LogP contribution in [0.2, 0.25) is 5.02 Å². The zero-order valence-electron chi connectivity index (χ0n) is 9.81. The Morgan fingerprint density at radius 3 is 2.89 bits per heavy atom. The van der Waals surface area contributed by atoms with E-state index in [2.05, 4.69) is 5.32 Å². The van der Waals surface area contributed by atoms with Crippen molar-refractivity contribution in [3.05, 3.63) is 51.2 Å². The predicted octanol–water partition coefficient (Wildman–Crippen LogP) is 3.47. The number of carbonyl (C=O) groups excluding carboxylic acids is 1. The number of nitrogens with one attached hydrogen (secondary N) is 1. The lowest BCUT2D eigenvalue weighted by atomic mass is 10.1. The summed E-state index contributed by atoms with van der Waals surface area (Å²) in [6, 6.07) is 6.97. The average Bonchev–Trinajstić information content (AvgIpc) is 2.86. The van der Waals surface area contributed by atoms with Crippen LogP contribution in [0.3, 0.4) is 0 Å². The number of amides is 1. The third-order valence-corrected chi connectivity index (χ3v) is 3.79. The monoisotopic (exact) mass is 280 g/mol. The molecular formula is C13H13ClN2OS. The third-order valence-electron chi connectivity index (χ3n) is 2.66. The van der Waals surface area contributed by atoms with Gasteiger partial charge in [-0.05, 0) is 41.4 Å². The topological polar surface area (TPSA) is 55.1 Å².